The normalized spacial score (nSPS) is 12.1. The van der Waals surface area contributed by atoms with Gasteiger partial charge in [0.05, 0.1) is 29.9 Å². The van der Waals surface area contributed by atoms with Crippen molar-refractivity contribution in [3.8, 4) is 0 Å². The van der Waals surface area contributed by atoms with Gasteiger partial charge in [-0.3, -0.25) is 19.0 Å². The third-order valence-corrected chi connectivity index (χ3v) is 5.03. The highest BCUT2D eigenvalue weighted by atomic mass is 16.5. The van der Waals surface area contributed by atoms with E-state index >= 15 is 0 Å². The monoisotopic (exact) mass is 411 g/mol. The number of ether oxygens (including phenoxy) is 2. The van der Waals surface area contributed by atoms with Crippen molar-refractivity contribution in [2.24, 2.45) is 0 Å². The summed E-state index contributed by atoms with van der Waals surface area (Å²) in [6, 6.07) is 8.75. The molecule has 1 atom stereocenters. The van der Waals surface area contributed by atoms with Crippen LogP contribution in [0.3, 0.4) is 0 Å². The summed E-state index contributed by atoms with van der Waals surface area (Å²) in [5.41, 5.74) is 2.46. The lowest BCUT2D eigenvalue weighted by molar-refractivity contribution is -0.143. The number of para-hydroxylation sites is 1. The van der Waals surface area contributed by atoms with E-state index in [1.54, 1.807) is 37.4 Å². The maximum Gasteiger partial charge on any atom is 0.326 e. The Balaban J connectivity index is 1.67. The van der Waals surface area contributed by atoms with Gasteiger partial charge in [-0.05, 0) is 39.0 Å². The third-order valence-electron chi connectivity index (χ3n) is 5.03. The molecule has 3 rings (SSSR count). The molecule has 8 nitrogen and oxygen atoms in total. The number of rotatable bonds is 8. The van der Waals surface area contributed by atoms with Crippen LogP contribution in [0.25, 0.3) is 10.9 Å². The Morgan fingerprint density at radius 2 is 1.93 bits per heavy atom. The Morgan fingerprint density at radius 1 is 1.20 bits per heavy atom. The van der Waals surface area contributed by atoms with Crippen molar-refractivity contribution in [1.82, 2.24) is 14.1 Å². The quantitative estimate of drug-likeness (QED) is 0.418. The number of benzene rings is 1. The fourth-order valence-electron chi connectivity index (χ4n) is 3.68. The van der Waals surface area contributed by atoms with Gasteiger partial charge in [0, 0.05) is 24.1 Å². The first kappa shape index (κ1) is 21.4. The van der Waals surface area contributed by atoms with E-state index in [0.717, 1.165) is 11.4 Å². The Bertz CT molecular complexity index is 1150. The highest BCUT2D eigenvalue weighted by Gasteiger charge is 2.20. The molecule has 2 heterocycles. The summed E-state index contributed by atoms with van der Waals surface area (Å²) in [6.07, 6.45) is 1.30. The number of carbonyl (C=O) groups is 2. The van der Waals surface area contributed by atoms with Gasteiger partial charge in [0.2, 0.25) is 5.78 Å². The average Bonchev–Trinajstić information content (AvgIpc) is 3.03. The number of hydrogen-bond donors (Lipinski definition) is 0. The summed E-state index contributed by atoms with van der Waals surface area (Å²) in [4.78, 5) is 41.4. The summed E-state index contributed by atoms with van der Waals surface area (Å²) in [6.45, 7) is 5.60. The molecule has 0 aliphatic carbocycles. The van der Waals surface area contributed by atoms with E-state index in [1.807, 2.05) is 25.3 Å². The van der Waals surface area contributed by atoms with E-state index in [-0.39, 0.29) is 23.9 Å². The standard InChI is InChI=1S/C22H25N3O5/c1-14-9-18(16(3)25(14)15(2)11-29-4)20(26)12-30-21(27)10-24-13-23-19-8-6-5-7-17(19)22(24)28/h5-9,13,15H,10-12H2,1-4H3/t15-/m0/s1. The van der Waals surface area contributed by atoms with Crippen LogP contribution in [0.15, 0.2) is 41.5 Å². The Labute approximate surface area is 174 Å². The summed E-state index contributed by atoms with van der Waals surface area (Å²) in [5.74, 6) is -0.972. The van der Waals surface area contributed by atoms with Gasteiger partial charge in [-0.1, -0.05) is 12.1 Å². The molecule has 30 heavy (non-hydrogen) atoms. The summed E-state index contributed by atoms with van der Waals surface area (Å²) in [5, 5.41) is 0.418. The second-order valence-corrected chi connectivity index (χ2v) is 7.24. The molecule has 0 N–H and O–H groups in total. The molecule has 0 amide bonds. The second-order valence-electron chi connectivity index (χ2n) is 7.24. The molecule has 0 aliphatic rings. The Hall–Kier alpha value is -3.26. The molecular weight excluding hydrogens is 386 g/mol. The minimum atomic E-state index is -0.677. The lowest BCUT2D eigenvalue weighted by atomic mass is 10.1. The van der Waals surface area contributed by atoms with Gasteiger partial charge < -0.3 is 14.0 Å². The molecule has 0 saturated carbocycles. The summed E-state index contributed by atoms with van der Waals surface area (Å²) < 4.78 is 13.5. The number of methoxy groups -OCH3 is 1. The van der Waals surface area contributed by atoms with Crippen LogP contribution in [-0.4, -0.2) is 46.2 Å². The predicted molar refractivity (Wildman–Crippen MR) is 112 cm³/mol. The van der Waals surface area contributed by atoms with Gasteiger partial charge in [0.25, 0.3) is 5.56 Å². The molecule has 1 aromatic carbocycles. The van der Waals surface area contributed by atoms with Gasteiger partial charge in [0.15, 0.2) is 6.61 Å². The fraction of sp³-hybridized carbons (Fsp3) is 0.364. The Morgan fingerprint density at radius 3 is 2.67 bits per heavy atom. The van der Waals surface area contributed by atoms with Crippen LogP contribution in [0.2, 0.25) is 0 Å². The number of aromatic nitrogens is 3. The van der Waals surface area contributed by atoms with E-state index in [2.05, 4.69) is 4.98 Å². The summed E-state index contributed by atoms with van der Waals surface area (Å²) >= 11 is 0. The van der Waals surface area contributed by atoms with Crippen molar-refractivity contribution in [3.63, 3.8) is 0 Å². The number of Topliss-reactive ketones (excluding diaryl/α,β-unsaturated/α-hetero) is 1. The molecular formula is C22H25N3O5. The molecule has 0 saturated heterocycles. The van der Waals surface area contributed by atoms with Crippen molar-refractivity contribution < 1.29 is 19.1 Å². The number of hydrogen-bond acceptors (Lipinski definition) is 6. The average molecular weight is 411 g/mol. The van der Waals surface area contributed by atoms with E-state index < -0.39 is 12.6 Å². The number of carbonyl (C=O) groups excluding carboxylic acids is 2. The van der Waals surface area contributed by atoms with Crippen LogP contribution < -0.4 is 5.56 Å². The van der Waals surface area contributed by atoms with Gasteiger partial charge in [0.1, 0.15) is 6.54 Å². The van der Waals surface area contributed by atoms with Crippen LogP contribution in [0.1, 0.15) is 34.7 Å². The van der Waals surface area contributed by atoms with E-state index in [0.29, 0.717) is 23.1 Å². The van der Waals surface area contributed by atoms with Crippen molar-refractivity contribution >= 4 is 22.7 Å². The first-order valence-electron chi connectivity index (χ1n) is 9.63. The first-order valence-corrected chi connectivity index (χ1v) is 9.63. The minimum Gasteiger partial charge on any atom is -0.456 e. The smallest absolute Gasteiger partial charge is 0.326 e. The number of ketones is 1. The molecule has 0 spiro atoms. The minimum absolute atomic E-state index is 0.0754. The van der Waals surface area contributed by atoms with Crippen LogP contribution in [0, 0.1) is 13.8 Å². The maximum absolute atomic E-state index is 12.6. The topological polar surface area (TPSA) is 92.4 Å². The largest absolute Gasteiger partial charge is 0.456 e. The zero-order chi connectivity index (χ0) is 21.8. The van der Waals surface area contributed by atoms with Gasteiger partial charge in [-0.15, -0.1) is 0 Å². The van der Waals surface area contributed by atoms with Gasteiger partial charge in [-0.2, -0.15) is 0 Å². The maximum atomic E-state index is 12.6. The van der Waals surface area contributed by atoms with E-state index in [1.165, 1.54) is 10.9 Å². The molecule has 0 bridgehead atoms. The Kier molecular flexibility index (Phi) is 6.47. The molecule has 0 radical (unpaired) electrons. The predicted octanol–water partition coefficient (Wildman–Crippen LogP) is 2.45. The van der Waals surface area contributed by atoms with Crippen molar-refractivity contribution in [1.29, 1.82) is 0 Å². The lowest BCUT2D eigenvalue weighted by Crippen LogP contribution is -2.27. The first-order chi connectivity index (χ1) is 14.3. The number of esters is 1. The molecule has 8 heteroatoms. The van der Waals surface area contributed by atoms with Crippen LogP contribution in [-0.2, 0) is 20.8 Å². The molecule has 0 aliphatic heterocycles. The third kappa shape index (κ3) is 4.33. The van der Waals surface area contributed by atoms with E-state index in [4.69, 9.17) is 9.47 Å². The zero-order valence-corrected chi connectivity index (χ0v) is 17.5. The van der Waals surface area contributed by atoms with Crippen molar-refractivity contribution in [2.75, 3.05) is 20.3 Å². The highest BCUT2D eigenvalue weighted by molar-refractivity contribution is 5.99. The van der Waals surface area contributed by atoms with Gasteiger partial charge in [-0.25, -0.2) is 4.98 Å². The van der Waals surface area contributed by atoms with Gasteiger partial charge >= 0.3 is 5.97 Å². The lowest BCUT2D eigenvalue weighted by Gasteiger charge is -2.17. The molecule has 158 valence electrons. The SMILES string of the molecule is COC[C@H](C)n1c(C)cc(C(=O)COC(=O)Cn2cnc3ccccc3c2=O)c1C. The molecule has 2 aromatic heterocycles. The van der Waals surface area contributed by atoms with Crippen LogP contribution >= 0.6 is 0 Å². The van der Waals surface area contributed by atoms with E-state index in [9.17, 15) is 14.4 Å². The van der Waals surface area contributed by atoms with Crippen molar-refractivity contribution in [2.45, 2.75) is 33.4 Å². The molecule has 3 aromatic rings. The van der Waals surface area contributed by atoms with Crippen LogP contribution in [0.4, 0.5) is 0 Å². The number of fused-ring (bicyclic) bond motifs is 1. The highest BCUT2D eigenvalue weighted by Crippen LogP contribution is 2.21. The molecule has 0 unspecified atom stereocenters. The fourth-order valence-corrected chi connectivity index (χ4v) is 3.68. The number of aryl methyl sites for hydroxylation is 1. The summed E-state index contributed by atoms with van der Waals surface area (Å²) in [7, 11) is 1.63. The second kappa shape index (κ2) is 9.04. The molecule has 0 fully saturated rings. The van der Waals surface area contributed by atoms with Crippen molar-refractivity contribution in [3.05, 3.63) is 64.0 Å². The number of nitrogens with zero attached hydrogens (tertiary/aromatic N) is 3. The zero-order valence-electron chi connectivity index (χ0n) is 17.5. The van der Waals surface area contributed by atoms with Crippen LogP contribution in [0.5, 0.6) is 0 Å².